The molecule has 0 spiro atoms. The Morgan fingerprint density at radius 2 is 1.02 bits per heavy atom. The van der Waals surface area contributed by atoms with Crippen molar-refractivity contribution in [2.24, 2.45) is 0 Å². The Morgan fingerprint density at radius 1 is 0.525 bits per heavy atom. The van der Waals surface area contributed by atoms with Gasteiger partial charge in [-0.2, -0.15) is 5.26 Å². The van der Waals surface area contributed by atoms with Crippen molar-refractivity contribution in [2.45, 2.75) is 0 Å². The molecule has 3 heterocycles. The van der Waals surface area contributed by atoms with Gasteiger partial charge in [0, 0.05) is 44.6 Å². The van der Waals surface area contributed by atoms with Crippen LogP contribution >= 0.6 is 0 Å². The normalized spacial score (nSPS) is 11.5. The van der Waals surface area contributed by atoms with Gasteiger partial charge >= 0.3 is 0 Å². The maximum atomic E-state index is 10.2. The van der Waals surface area contributed by atoms with Crippen molar-refractivity contribution in [3.05, 3.63) is 139 Å². The first-order valence-corrected chi connectivity index (χ1v) is 13.3. The first kappa shape index (κ1) is 22.3. The van der Waals surface area contributed by atoms with Crippen molar-refractivity contribution in [3.63, 3.8) is 0 Å². The van der Waals surface area contributed by atoms with E-state index in [0.717, 1.165) is 44.7 Å². The van der Waals surface area contributed by atoms with E-state index in [4.69, 9.17) is 4.98 Å². The lowest BCUT2D eigenvalue weighted by Gasteiger charge is -2.12. The predicted molar refractivity (Wildman–Crippen MR) is 163 cm³/mol. The molecule has 40 heavy (non-hydrogen) atoms. The van der Waals surface area contributed by atoms with E-state index in [-0.39, 0.29) is 0 Å². The number of benzene rings is 5. The summed E-state index contributed by atoms with van der Waals surface area (Å²) in [6.45, 7) is 0. The summed E-state index contributed by atoms with van der Waals surface area (Å²) in [4.78, 5) is 4.88. The fourth-order valence-corrected chi connectivity index (χ4v) is 6.06. The number of nitrogens with zero attached hydrogens (tertiary/aromatic N) is 4. The van der Waals surface area contributed by atoms with Crippen LogP contribution in [0.4, 0.5) is 0 Å². The Hall–Kier alpha value is -5.66. The van der Waals surface area contributed by atoms with Gasteiger partial charge < -0.3 is 4.57 Å². The van der Waals surface area contributed by atoms with Gasteiger partial charge in [-0.15, -0.1) is 0 Å². The van der Waals surface area contributed by atoms with Gasteiger partial charge in [-0.1, -0.05) is 78.9 Å². The third-order valence-corrected chi connectivity index (χ3v) is 7.83. The zero-order chi connectivity index (χ0) is 26.6. The lowest BCUT2D eigenvalue weighted by molar-refractivity contribution is 1.08. The van der Waals surface area contributed by atoms with Crippen molar-refractivity contribution < 1.29 is 0 Å². The molecule has 0 atom stereocenters. The van der Waals surface area contributed by atoms with Crippen LogP contribution in [0.2, 0.25) is 0 Å². The molecule has 4 nitrogen and oxygen atoms in total. The van der Waals surface area contributed by atoms with Gasteiger partial charge in [-0.25, -0.2) is 4.98 Å². The van der Waals surface area contributed by atoms with Crippen LogP contribution in [0, 0.1) is 11.3 Å². The highest BCUT2D eigenvalue weighted by Gasteiger charge is 2.15. The molecule has 0 fully saturated rings. The molecule has 4 heteroatoms. The van der Waals surface area contributed by atoms with E-state index in [1.807, 2.05) is 24.4 Å². The van der Waals surface area contributed by atoms with Gasteiger partial charge in [0.05, 0.1) is 33.7 Å². The average Bonchev–Trinajstić information content (AvgIpc) is 3.54. The summed E-state index contributed by atoms with van der Waals surface area (Å²) in [7, 11) is 0. The molecule has 0 N–H and O–H groups in total. The zero-order valence-corrected chi connectivity index (χ0v) is 21.5. The van der Waals surface area contributed by atoms with Crippen molar-refractivity contribution >= 4 is 43.6 Å². The fraction of sp³-hybridized carbons (Fsp3) is 0. The first-order chi connectivity index (χ1) is 19.8. The third-order valence-electron chi connectivity index (χ3n) is 7.83. The summed E-state index contributed by atoms with van der Waals surface area (Å²) in [5, 5.41) is 15.0. The molecule has 8 aromatic rings. The quantitative estimate of drug-likeness (QED) is 0.238. The number of para-hydroxylation sites is 4. The van der Waals surface area contributed by atoms with Crippen LogP contribution in [0.5, 0.6) is 0 Å². The van der Waals surface area contributed by atoms with E-state index >= 15 is 0 Å². The second kappa shape index (κ2) is 8.69. The minimum atomic E-state index is 0.616. The largest absolute Gasteiger partial charge is 0.309 e. The molecular weight excluding hydrogens is 488 g/mol. The Kier molecular flexibility index (Phi) is 4.85. The molecule has 186 valence electrons. The number of hydrogen-bond acceptors (Lipinski definition) is 2. The first-order valence-electron chi connectivity index (χ1n) is 13.3. The molecule has 3 aromatic heterocycles. The predicted octanol–water partition coefficient (Wildman–Crippen LogP) is 8.81. The summed E-state index contributed by atoms with van der Waals surface area (Å²) in [6, 6.07) is 46.3. The lowest BCUT2D eigenvalue weighted by Crippen LogP contribution is -1.98. The highest BCUT2D eigenvalue weighted by Crippen LogP contribution is 2.35. The number of rotatable bonds is 3. The van der Waals surface area contributed by atoms with E-state index in [1.54, 1.807) is 0 Å². The zero-order valence-electron chi connectivity index (χ0n) is 21.5. The Morgan fingerprint density at radius 3 is 1.50 bits per heavy atom. The van der Waals surface area contributed by atoms with E-state index in [9.17, 15) is 5.26 Å². The van der Waals surface area contributed by atoms with Gasteiger partial charge in [0.2, 0.25) is 0 Å². The fourth-order valence-electron chi connectivity index (χ4n) is 6.06. The number of nitriles is 1. The topological polar surface area (TPSA) is 46.5 Å². The smallest absolute Gasteiger partial charge is 0.137 e. The Labute approximate surface area is 230 Å². The second-order valence-electron chi connectivity index (χ2n) is 9.99. The van der Waals surface area contributed by atoms with Gasteiger partial charge in [0.25, 0.3) is 0 Å². The van der Waals surface area contributed by atoms with E-state index in [0.29, 0.717) is 5.56 Å². The minimum Gasteiger partial charge on any atom is -0.309 e. The summed E-state index contributed by atoms with van der Waals surface area (Å²) < 4.78 is 4.43. The van der Waals surface area contributed by atoms with Gasteiger partial charge in [-0.05, 0) is 48.5 Å². The molecule has 0 aliphatic heterocycles. The van der Waals surface area contributed by atoms with Crippen molar-refractivity contribution in [1.29, 1.82) is 5.26 Å². The minimum absolute atomic E-state index is 0.616. The van der Waals surface area contributed by atoms with Gasteiger partial charge in [0.15, 0.2) is 0 Å². The number of fused-ring (bicyclic) bond motifs is 6. The number of aromatic nitrogens is 3. The van der Waals surface area contributed by atoms with Crippen LogP contribution in [0.3, 0.4) is 0 Å². The molecule has 0 amide bonds. The van der Waals surface area contributed by atoms with Crippen LogP contribution in [0.25, 0.3) is 66.2 Å². The van der Waals surface area contributed by atoms with Gasteiger partial charge in [-0.3, -0.25) is 4.57 Å². The van der Waals surface area contributed by atoms with Crippen LogP contribution < -0.4 is 0 Å². The highest BCUT2D eigenvalue weighted by molar-refractivity contribution is 6.10. The maximum absolute atomic E-state index is 10.2. The van der Waals surface area contributed by atoms with Crippen LogP contribution in [-0.2, 0) is 0 Å². The molecule has 0 saturated heterocycles. The molecule has 0 unspecified atom stereocenters. The Bertz CT molecular complexity index is 2170. The second-order valence-corrected chi connectivity index (χ2v) is 9.99. The third kappa shape index (κ3) is 3.22. The summed E-state index contributed by atoms with van der Waals surface area (Å²) >= 11 is 0. The van der Waals surface area contributed by atoms with Crippen molar-refractivity contribution in [1.82, 2.24) is 14.1 Å². The number of pyridine rings is 1. The summed E-state index contributed by atoms with van der Waals surface area (Å²) in [5.74, 6) is 0.849. The van der Waals surface area contributed by atoms with E-state index < -0.39 is 0 Å². The van der Waals surface area contributed by atoms with Crippen LogP contribution in [0.1, 0.15) is 5.56 Å². The van der Waals surface area contributed by atoms with E-state index in [1.165, 1.54) is 21.5 Å². The van der Waals surface area contributed by atoms with Gasteiger partial charge in [0.1, 0.15) is 5.82 Å². The molecule has 0 saturated carbocycles. The SMILES string of the molecule is N#Cc1cc(-n2c3ccccc3c3ccccc32)ccc1-c1ccc(-n2c3ccccc3c3ccccc32)nc1. The lowest BCUT2D eigenvalue weighted by atomic mass is 10.0. The molecule has 0 aliphatic carbocycles. The van der Waals surface area contributed by atoms with E-state index in [2.05, 4.69) is 124 Å². The summed E-state index contributed by atoms with van der Waals surface area (Å²) in [5.41, 5.74) is 7.85. The molecule has 0 aliphatic rings. The van der Waals surface area contributed by atoms with Crippen molar-refractivity contribution in [3.8, 4) is 28.7 Å². The molecular formula is C36H22N4. The monoisotopic (exact) mass is 510 g/mol. The molecule has 0 bridgehead atoms. The number of hydrogen-bond donors (Lipinski definition) is 0. The average molecular weight is 511 g/mol. The summed E-state index contributed by atoms with van der Waals surface area (Å²) in [6.07, 6.45) is 1.87. The maximum Gasteiger partial charge on any atom is 0.137 e. The van der Waals surface area contributed by atoms with Crippen molar-refractivity contribution in [2.75, 3.05) is 0 Å². The van der Waals surface area contributed by atoms with Crippen LogP contribution in [0.15, 0.2) is 134 Å². The van der Waals surface area contributed by atoms with Crippen LogP contribution in [-0.4, -0.2) is 14.1 Å². The molecule has 5 aromatic carbocycles. The standard InChI is InChI=1S/C36H22N4/c37-22-25-21-26(39-32-13-5-1-9-28(32)29-10-2-6-14-33(29)39)18-19-27(25)24-17-20-36(38-23-24)40-34-15-7-3-11-30(34)31-12-4-8-16-35(31)40/h1-21,23H. The molecule has 8 rings (SSSR count). The Balaban J connectivity index is 1.25. The molecule has 0 radical (unpaired) electrons. The highest BCUT2D eigenvalue weighted by atomic mass is 15.1.